The fraction of sp³-hybridized carbons (Fsp3) is 0.750. The first-order valence-corrected chi connectivity index (χ1v) is 16.7. The van der Waals surface area contributed by atoms with Gasteiger partial charge in [-0.25, -0.2) is 0 Å². The monoisotopic (exact) mass is 882 g/mol. The average Bonchev–Trinajstić information content (AvgIpc) is 3.59. The maximum absolute atomic E-state index is 12.5. The third kappa shape index (κ3) is 6.10. The van der Waals surface area contributed by atoms with Crippen molar-refractivity contribution in [1.29, 1.82) is 0 Å². The molecule has 0 heterocycles. The molecular weight excluding hydrogens is 840 g/mol. The zero-order valence-corrected chi connectivity index (χ0v) is 34.1. The second kappa shape index (κ2) is 13.0. The molecule has 6 fully saturated rings. The summed E-state index contributed by atoms with van der Waals surface area (Å²) in [5, 5.41) is 33.9. The van der Waals surface area contributed by atoms with Crippen LogP contribution in [0.3, 0.4) is 0 Å². The smallest absolute Gasteiger partial charge is 0.869 e. The van der Waals surface area contributed by atoms with Gasteiger partial charge in [-0.05, 0) is 107 Å². The second-order valence-electron chi connectivity index (χ2n) is 17.1. The summed E-state index contributed by atoms with van der Waals surface area (Å²) < 4.78 is 112. The van der Waals surface area contributed by atoms with Gasteiger partial charge in [-0.1, -0.05) is 62.3 Å². The van der Waals surface area contributed by atoms with Crippen LogP contribution in [0.25, 0.3) is 0 Å². The molecule has 52 heavy (non-hydrogen) atoms. The van der Waals surface area contributed by atoms with Crippen molar-refractivity contribution in [2.75, 3.05) is 0 Å². The molecular formula is C36H42F9O6Pr. The van der Waals surface area contributed by atoms with Crippen LogP contribution in [0.2, 0.25) is 0 Å². The van der Waals surface area contributed by atoms with E-state index in [0.717, 1.165) is 0 Å². The van der Waals surface area contributed by atoms with Crippen LogP contribution in [-0.2, 0) is 14.4 Å². The van der Waals surface area contributed by atoms with Gasteiger partial charge < -0.3 is 15.3 Å². The van der Waals surface area contributed by atoms with Crippen molar-refractivity contribution in [2.24, 2.45) is 50.2 Å². The minimum Gasteiger partial charge on any atom is -0.869 e. The van der Waals surface area contributed by atoms with Crippen molar-refractivity contribution in [2.45, 2.75) is 119 Å². The Morgan fingerprint density at radius 1 is 0.462 bits per heavy atom. The number of hydrogen-bond donors (Lipinski definition) is 0. The van der Waals surface area contributed by atoms with E-state index in [-0.39, 0.29) is 41.3 Å². The number of rotatable bonds is 0. The summed E-state index contributed by atoms with van der Waals surface area (Å²) in [5.41, 5.74) is -5.65. The van der Waals surface area contributed by atoms with Crippen LogP contribution in [0.4, 0.5) is 39.5 Å². The van der Waals surface area contributed by atoms with Gasteiger partial charge in [-0.3, -0.25) is 14.4 Å². The predicted octanol–water partition coefficient (Wildman–Crippen LogP) is 6.56. The van der Waals surface area contributed by atoms with Crippen LogP contribution in [0, 0.1) is 91.5 Å². The van der Waals surface area contributed by atoms with Gasteiger partial charge in [-0.2, -0.15) is 39.5 Å². The number of allylic oxidation sites excluding steroid dienone is 6. The molecule has 288 valence electrons. The van der Waals surface area contributed by atoms with E-state index in [2.05, 4.69) is 0 Å². The molecule has 6 bridgehead atoms. The molecule has 0 aliphatic heterocycles. The largest absolute Gasteiger partial charge is 3.00 e. The van der Waals surface area contributed by atoms with E-state index in [1.807, 2.05) is 0 Å². The first kappa shape index (κ1) is 44.8. The van der Waals surface area contributed by atoms with Gasteiger partial charge in [0, 0.05) is 16.2 Å². The summed E-state index contributed by atoms with van der Waals surface area (Å²) >= 11 is 0. The summed E-state index contributed by atoms with van der Waals surface area (Å²) in [6, 6.07) is 0. The Morgan fingerprint density at radius 3 is 0.750 bits per heavy atom. The number of fused-ring (bicyclic) bond motifs is 6. The first-order chi connectivity index (χ1) is 22.6. The van der Waals surface area contributed by atoms with Gasteiger partial charge in [0.05, 0.1) is 0 Å². The van der Waals surface area contributed by atoms with Gasteiger partial charge in [-0.15, -0.1) is 0 Å². The molecule has 0 N–H and O–H groups in total. The topological polar surface area (TPSA) is 120 Å². The van der Waals surface area contributed by atoms with E-state index >= 15 is 0 Å². The van der Waals surface area contributed by atoms with Crippen LogP contribution < -0.4 is 15.3 Å². The van der Waals surface area contributed by atoms with E-state index < -0.39 is 120 Å². The van der Waals surface area contributed by atoms with Crippen LogP contribution in [-0.4, -0.2) is 35.9 Å². The van der Waals surface area contributed by atoms with Crippen molar-refractivity contribution in [3.05, 3.63) is 34.0 Å². The SMILES string of the molecule is CC12CCC(/C(=C(/[O-])C(F)(F)F)C1=O)C2(C)C.CC12CCC(/C(=C(\[O-])C(F)(F)F)C1=O)C2(C)C.CC12CCC(/C(=C(\[O-])C(F)(F)F)C1=O)C2(C)C.[Pr+3]. The molecule has 6 saturated carbocycles. The van der Waals surface area contributed by atoms with Crippen LogP contribution in [0.15, 0.2) is 34.0 Å². The molecule has 0 spiro atoms. The molecule has 6 aliphatic rings. The van der Waals surface area contributed by atoms with Crippen LogP contribution in [0.1, 0.15) is 101 Å². The number of ketones is 3. The fourth-order valence-corrected chi connectivity index (χ4v) is 9.84. The molecule has 0 amide bonds. The van der Waals surface area contributed by atoms with Gasteiger partial charge >= 0.3 is 59.8 Å². The average molecular weight is 883 g/mol. The molecule has 0 radical (unpaired) electrons. The maximum Gasteiger partial charge on any atom is 3.00 e. The first-order valence-electron chi connectivity index (χ1n) is 16.7. The molecule has 6 rings (SSSR count). The Labute approximate surface area is 329 Å². The molecule has 0 aromatic carbocycles. The number of halogens is 9. The summed E-state index contributed by atoms with van der Waals surface area (Å²) in [5.74, 6) is -9.25. The zero-order valence-electron chi connectivity index (χ0n) is 30.4. The van der Waals surface area contributed by atoms with Crippen molar-refractivity contribution in [1.82, 2.24) is 0 Å². The van der Waals surface area contributed by atoms with Crippen molar-refractivity contribution < 1.29 is 111 Å². The molecule has 0 aromatic heterocycles. The normalized spacial score (nSPS) is 38.0. The zero-order chi connectivity index (χ0) is 39.7. The van der Waals surface area contributed by atoms with E-state index in [9.17, 15) is 69.2 Å². The molecule has 16 heteroatoms. The minimum atomic E-state index is -4.94. The van der Waals surface area contributed by atoms with Crippen LogP contribution >= 0.6 is 0 Å². The molecule has 6 aliphatic carbocycles. The quantitative estimate of drug-likeness (QED) is 0.155. The number of carbonyl (C=O) groups excluding carboxylic acids is 3. The van der Waals surface area contributed by atoms with E-state index in [0.29, 0.717) is 38.5 Å². The van der Waals surface area contributed by atoms with E-state index in [1.54, 1.807) is 62.3 Å². The Balaban J connectivity index is 0.000000208. The summed E-state index contributed by atoms with van der Waals surface area (Å²) in [7, 11) is 0. The van der Waals surface area contributed by atoms with Gasteiger partial charge in [0.2, 0.25) is 0 Å². The fourth-order valence-electron chi connectivity index (χ4n) is 9.84. The van der Waals surface area contributed by atoms with Gasteiger partial charge in [0.15, 0.2) is 17.3 Å². The second-order valence-corrected chi connectivity index (χ2v) is 17.1. The Kier molecular flexibility index (Phi) is 11.2. The maximum atomic E-state index is 12.5. The third-order valence-electron chi connectivity index (χ3n) is 14.5. The Bertz CT molecular complexity index is 1460. The third-order valence-corrected chi connectivity index (χ3v) is 14.5. The Morgan fingerprint density at radius 2 is 0.635 bits per heavy atom. The van der Waals surface area contributed by atoms with Crippen molar-refractivity contribution >= 4 is 17.3 Å². The predicted molar refractivity (Wildman–Crippen MR) is 158 cm³/mol. The van der Waals surface area contributed by atoms with Crippen LogP contribution in [0.5, 0.6) is 0 Å². The van der Waals surface area contributed by atoms with Crippen molar-refractivity contribution in [3.63, 3.8) is 0 Å². The molecule has 6 unspecified atom stereocenters. The number of Topliss-reactive ketones (excluding diaryl/α,β-unsaturated/α-hetero) is 3. The number of hydrogen-bond acceptors (Lipinski definition) is 6. The van der Waals surface area contributed by atoms with Gasteiger partial charge in [0.25, 0.3) is 0 Å². The Hall–Kier alpha value is -1.64. The minimum absolute atomic E-state index is 0. The van der Waals surface area contributed by atoms with Gasteiger partial charge in [0.1, 0.15) is 0 Å². The summed E-state index contributed by atoms with van der Waals surface area (Å²) in [6.45, 7) is 15.7. The summed E-state index contributed by atoms with van der Waals surface area (Å²) in [6.07, 6.45) is -11.6. The van der Waals surface area contributed by atoms with E-state index in [1.165, 1.54) is 0 Å². The summed E-state index contributed by atoms with van der Waals surface area (Å²) in [4.78, 5) is 36.1. The molecule has 6 nitrogen and oxygen atoms in total. The molecule has 0 aromatic rings. The molecule has 6 atom stereocenters. The van der Waals surface area contributed by atoms with Crippen molar-refractivity contribution in [3.8, 4) is 0 Å². The number of carbonyl (C=O) groups is 3. The standard InChI is InChI=1S/3C12H15F3O2.Pr/c3*1-10(2)6-4-5-11(10,3)8(16)7(6)9(17)12(13,14)15;/h3*6,17H,4-5H2,1-3H3;/q;;;+3/p-3/b2*9-7+;9-7-;. The molecule has 0 saturated heterocycles. The van der Waals surface area contributed by atoms with E-state index in [4.69, 9.17) is 0 Å². The number of alkyl halides is 9.